The molecule has 0 spiro atoms. The second kappa shape index (κ2) is 7.22. The fourth-order valence-electron chi connectivity index (χ4n) is 3.40. The molecular formula is C21H16Cl2N2O2. The number of amides is 2. The summed E-state index contributed by atoms with van der Waals surface area (Å²) in [5.41, 5.74) is 2.12. The first kappa shape index (κ1) is 17.8. The molecule has 0 aromatic heterocycles. The summed E-state index contributed by atoms with van der Waals surface area (Å²) in [5.74, 6) is -0.179. The van der Waals surface area contributed by atoms with E-state index in [0.29, 0.717) is 28.7 Å². The molecule has 0 aliphatic carbocycles. The van der Waals surface area contributed by atoms with E-state index in [-0.39, 0.29) is 18.2 Å². The molecule has 1 N–H and O–H groups in total. The van der Waals surface area contributed by atoms with Gasteiger partial charge in [0.25, 0.3) is 5.91 Å². The van der Waals surface area contributed by atoms with Crippen LogP contribution in [0.2, 0.25) is 10.0 Å². The van der Waals surface area contributed by atoms with E-state index < -0.39 is 0 Å². The average molecular weight is 399 g/mol. The highest BCUT2D eigenvalue weighted by Gasteiger charge is 2.29. The van der Waals surface area contributed by atoms with Crippen LogP contribution in [0.3, 0.4) is 0 Å². The van der Waals surface area contributed by atoms with Crippen LogP contribution in [0.25, 0.3) is 10.8 Å². The summed E-state index contributed by atoms with van der Waals surface area (Å²) in [6.45, 7) is 0.476. The van der Waals surface area contributed by atoms with E-state index in [1.165, 1.54) is 0 Å². The molecule has 2 amide bonds. The van der Waals surface area contributed by atoms with E-state index in [4.69, 9.17) is 23.2 Å². The number of anilines is 2. The minimum atomic E-state index is -0.165. The number of rotatable bonds is 5. The molecule has 27 heavy (non-hydrogen) atoms. The molecule has 1 aliphatic heterocycles. The van der Waals surface area contributed by atoms with Gasteiger partial charge >= 0.3 is 0 Å². The maximum absolute atomic E-state index is 12.7. The van der Waals surface area contributed by atoms with Gasteiger partial charge in [0.1, 0.15) is 0 Å². The summed E-state index contributed by atoms with van der Waals surface area (Å²) in [4.78, 5) is 26.7. The summed E-state index contributed by atoms with van der Waals surface area (Å²) in [6, 6.07) is 16.6. The predicted octanol–water partition coefficient (Wildman–Crippen LogP) is 5.53. The molecule has 0 radical (unpaired) electrons. The van der Waals surface area contributed by atoms with E-state index in [1.807, 2.05) is 36.4 Å². The quantitative estimate of drug-likeness (QED) is 0.614. The Morgan fingerprint density at radius 1 is 1.04 bits per heavy atom. The fourth-order valence-corrected chi connectivity index (χ4v) is 3.74. The van der Waals surface area contributed by atoms with Crippen molar-refractivity contribution >= 4 is 57.2 Å². The lowest BCUT2D eigenvalue weighted by Gasteiger charge is -2.17. The van der Waals surface area contributed by atoms with Gasteiger partial charge in [-0.1, -0.05) is 47.5 Å². The van der Waals surface area contributed by atoms with Crippen LogP contribution in [0.1, 0.15) is 23.2 Å². The molecule has 0 saturated carbocycles. The fraction of sp³-hybridized carbons (Fsp3) is 0.143. The molecule has 3 aromatic rings. The molecule has 4 nitrogen and oxygen atoms in total. The Kier molecular flexibility index (Phi) is 4.77. The highest BCUT2D eigenvalue weighted by atomic mass is 35.5. The van der Waals surface area contributed by atoms with Crippen LogP contribution in [0, 0.1) is 0 Å². The summed E-state index contributed by atoms with van der Waals surface area (Å²) in [5, 5.41) is 5.74. The van der Waals surface area contributed by atoms with E-state index in [1.54, 1.807) is 23.1 Å². The zero-order chi connectivity index (χ0) is 19.0. The van der Waals surface area contributed by atoms with Gasteiger partial charge in [-0.05, 0) is 42.1 Å². The minimum absolute atomic E-state index is 0.0138. The van der Waals surface area contributed by atoms with Crippen molar-refractivity contribution < 1.29 is 9.59 Å². The van der Waals surface area contributed by atoms with Crippen molar-refractivity contribution in [1.82, 2.24) is 0 Å². The van der Waals surface area contributed by atoms with E-state index >= 15 is 0 Å². The van der Waals surface area contributed by atoms with Crippen molar-refractivity contribution in [1.29, 1.82) is 0 Å². The molecule has 6 heteroatoms. The lowest BCUT2D eigenvalue weighted by atomic mass is 10.1. The summed E-state index contributed by atoms with van der Waals surface area (Å²) in [7, 11) is 0. The molecule has 136 valence electrons. The Hall–Kier alpha value is -2.56. The number of carbonyl (C=O) groups is 2. The molecule has 3 aromatic carbocycles. The van der Waals surface area contributed by atoms with Crippen LogP contribution >= 0.6 is 23.2 Å². The summed E-state index contributed by atoms with van der Waals surface area (Å²) in [6.07, 6.45) is 0.819. The van der Waals surface area contributed by atoms with Gasteiger partial charge < -0.3 is 10.2 Å². The zero-order valence-electron chi connectivity index (χ0n) is 14.3. The van der Waals surface area contributed by atoms with Gasteiger partial charge in [-0.25, -0.2) is 0 Å². The highest BCUT2D eigenvalue weighted by Crippen LogP contribution is 2.37. The molecule has 1 heterocycles. The van der Waals surface area contributed by atoms with Gasteiger partial charge in [-0.15, -0.1) is 0 Å². The van der Waals surface area contributed by atoms with E-state index in [0.717, 1.165) is 22.0 Å². The van der Waals surface area contributed by atoms with Crippen molar-refractivity contribution in [3.8, 4) is 0 Å². The van der Waals surface area contributed by atoms with Crippen molar-refractivity contribution in [2.45, 2.75) is 12.8 Å². The van der Waals surface area contributed by atoms with E-state index in [9.17, 15) is 9.59 Å². The Balaban J connectivity index is 1.41. The Morgan fingerprint density at radius 3 is 2.63 bits per heavy atom. The topological polar surface area (TPSA) is 49.4 Å². The molecule has 0 bridgehead atoms. The largest absolute Gasteiger partial charge is 0.325 e. The molecule has 0 unspecified atom stereocenters. The van der Waals surface area contributed by atoms with Crippen LogP contribution in [0.15, 0.2) is 54.6 Å². The van der Waals surface area contributed by atoms with Gasteiger partial charge in [0.2, 0.25) is 5.91 Å². The first-order chi connectivity index (χ1) is 13.0. The number of benzene rings is 3. The number of carbonyl (C=O) groups excluding carboxylic acids is 2. The van der Waals surface area contributed by atoms with Crippen molar-refractivity contribution in [3.63, 3.8) is 0 Å². The molecule has 0 fully saturated rings. The maximum atomic E-state index is 12.7. The monoisotopic (exact) mass is 398 g/mol. The lowest BCUT2D eigenvalue weighted by molar-refractivity contribution is -0.116. The molecule has 0 atom stereocenters. The van der Waals surface area contributed by atoms with Crippen molar-refractivity contribution in [2.24, 2.45) is 0 Å². The third-order valence-corrected chi connectivity index (χ3v) is 5.20. The van der Waals surface area contributed by atoms with Crippen LogP contribution in [0.5, 0.6) is 0 Å². The zero-order valence-corrected chi connectivity index (χ0v) is 15.8. The normalized spacial score (nSPS) is 12.7. The average Bonchev–Trinajstić information content (AvgIpc) is 2.93. The van der Waals surface area contributed by atoms with Crippen LogP contribution in [-0.4, -0.2) is 18.4 Å². The first-order valence-electron chi connectivity index (χ1n) is 8.63. The second-order valence-electron chi connectivity index (χ2n) is 6.41. The van der Waals surface area contributed by atoms with Crippen molar-refractivity contribution in [3.05, 3.63) is 70.2 Å². The number of nitrogens with zero attached hydrogens (tertiary/aromatic N) is 1. The standard InChI is InChI=1S/C21H16Cl2N2O2/c22-14-9-10-16(23)17(12-14)24-19(26)8-3-11-25-18-7-2-5-13-4-1-6-15(20(13)18)21(25)27/h1-2,4-7,9-10,12H,3,8,11H2,(H,24,26). The lowest BCUT2D eigenvalue weighted by Crippen LogP contribution is -2.28. The minimum Gasteiger partial charge on any atom is -0.325 e. The number of nitrogens with one attached hydrogen (secondary N) is 1. The Bertz CT molecular complexity index is 1060. The Labute approximate surface area is 166 Å². The van der Waals surface area contributed by atoms with Gasteiger partial charge in [0, 0.05) is 28.9 Å². The predicted molar refractivity (Wildman–Crippen MR) is 110 cm³/mol. The smallest absolute Gasteiger partial charge is 0.258 e. The van der Waals surface area contributed by atoms with Gasteiger partial charge in [-0.3, -0.25) is 9.59 Å². The molecule has 4 rings (SSSR count). The third-order valence-electron chi connectivity index (χ3n) is 4.64. The van der Waals surface area contributed by atoms with Crippen LogP contribution in [0.4, 0.5) is 11.4 Å². The molecule has 0 saturated heterocycles. The first-order valence-corrected chi connectivity index (χ1v) is 9.39. The Morgan fingerprint density at radius 2 is 1.81 bits per heavy atom. The third kappa shape index (κ3) is 3.38. The van der Waals surface area contributed by atoms with Crippen LogP contribution < -0.4 is 10.2 Å². The van der Waals surface area contributed by atoms with Gasteiger partial charge in [-0.2, -0.15) is 0 Å². The SMILES string of the molecule is O=C(CCCN1C(=O)c2cccc3cccc1c23)Nc1cc(Cl)ccc1Cl. The highest BCUT2D eigenvalue weighted by molar-refractivity contribution is 6.35. The van der Waals surface area contributed by atoms with E-state index in [2.05, 4.69) is 5.32 Å². The van der Waals surface area contributed by atoms with Crippen molar-refractivity contribution in [2.75, 3.05) is 16.8 Å². The molecular weight excluding hydrogens is 383 g/mol. The number of halogens is 2. The second-order valence-corrected chi connectivity index (χ2v) is 7.26. The van der Waals surface area contributed by atoms with Gasteiger partial charge in [0.05, 0.1) is 16.4 Å². The number of hydrogen-bond acceptors (Lipinski definition) is 2. The summed E-state index contributed by atoms with van der Waals surface area (Å²) >= 11 is 12.0. The summed E-state index contributed by atoms with van der Waals surface area (Å²) < 4.78 is 0. The number of hydrogen-bond donors (Lipinski definition) is 1. The maximum Gasteiger partial charge on any atom is 0.258 e. The van der Waals surface area contributed by atoms with Gasteiger partial charge in [0.15, 0.2) is 0 Å². The van der Waals surface area contributed by atoms with Crippen LogP contribution in [-0.2, 0) is 4.79 Å². The molecule has 1 aliphatic rings.